The summed E-state index contributed by atoms with van der Waals surface area (Å²) in [5.41, 5.74) is 1.54. The third-order valence-corrected chi connectivity index (χ3v) is 3.79. The summed E-state index contributed by atoms with van der Waals surface area (Å²) in [6.07, 6.45) is 0. The fourth-order valence-corrected chi connectivity index (χ4v) is 2.22. The SMILES string of the molecule is COCc1cccc(C(=O)OCC(=O)c2ccc(Cl)c(Cl)c2)c1. The number of hydrogen-bond acceptors (Lipinski definition) is 4. The molecule has 0 N–H and O–H groups in total. The lowest BCUT2D eigenvalue weighted by molar-refractivity contribution is 0.0474. The number of carbonyl (C=O) groups is 2. The Hall–Kier alpha value is -1.88. The minimum atomic E-state index is -0.573. The fourth-order valence-electron chi connectivity index (χ4n) is 1.92. The summed E-state index contributed by atoms with van der Waals surface area (Å²) in [6.45, 7) is 0.0224. The molecular weight excluding hydrogens is 339 g/mol. The predicted octanol–water partition coefficient (Wildman–Crippen LogP) is 4.18. The molecule has 120 valence electrons. The molecule has 2 aromatic carbocycles. The maximum atomic E-state index is 12.0. The number of rotatable bonds is 6. The largest absolute Gasteiger partial charge is 0.454 e. The molecule has 0 spiro atoms. The molecule has 0 aromatic heterocycles. The number of Topliss-reactive ketones (excluding diaryl/α,β-unsaturated/α-hetero) is 1. The molecule has 6 heteroatoms. The Bertz CT molecular complexity index is 728. The second-order valence-electron chi connectivity index (χ2n) is 4.76. The summed E-state index contributed by atoms with van der Waals surface area (Å²) >= 11 is 11.7. The Kier molecular flexibility index (Phi) is 6.16. The molecule has 23 heavy (non-hydrogen) atoms. The number of esters is 1. The van der Waals surface area contributed by atoms with Crippen molar-refractivity contribution in [2.75, 3.05) is 13.7 Å². The second kappa shape index (κ2) is 8.11. The van der Waals surface area contributed by atoms with Crippen LogP contribution in [0.5, 0.6) is 0 Å². The molecule has 4 nitrogen and oxygen atoms in total. The Morgan fingerprint density at radius 3 is 2.48 bits per heavy atom. The van der Waals surface area contributed by atoms with Crippen LogP contribution in [0.1, 0.15) is 26.3 Å². The van der Waals surface area contributed by atoms with Crippen molar-refractivity contribution in [2.45, 2.75) is 6.61 Å². The first kappa shape index (κ1) is 17.5. The first-order chi connectivity index (χ1) is 11.0. The van der Waals surface area contributed by atoms with Gasteiger partial charge in [0.2, 0.25) is 0 Å². The lowest BCUT2D eigenvalue weighted by Gasteiger charge is -2.06. The normalized spacial score (nSPS) is 10.4. The zero-order valence-electron chi connectivity index (χ0n) is 12.3. The van der Waals surface area contributed by atoms with E-state index in [1.807, 2.05) is 6.07 Å². The van der Waals surface area contributed by atoms with Crippen LogP contribution < -0.4 is 0 Å². The van der Waals surface area contributed by atoms with E-state index in [2.05, 4.69) is 0 Å². The van der Waals surface area contributed by atoms with Crippen molar-refractivity contribution in [1.29, 1.82) is 0 Å². The van der Waals surface area contributed by atoms with E-state index in [0.29, 0.717) is 22.8 Å². The number of benzene rings is 2. The second-order valence-corrected chi connectivity index (χ2v) is 5.58. The van der Waals surface area contributed by atoms with Crippen LogP contribution in [-0.4, -0.2) is 25.5 Å². The summed E-state index contributed by atoms with van der Waals surface area (Å²) in [4.78, 5) is 24.0. The van der Waals surface area contributed by atoms with E-state index >= 15 is 0 Å². The highest BCUT2D eigenvalue weighted by atomic mass is 35.5. The Morgan fingerprint density at radius 1 is 1.00 bits per heavy atom. The van der Waals surface area contributed by atoms with Gasteiger partial charge in [0.1, 0.15) is 0 Å². The van der Waals surface area contributed by atoms with Gasteiger partial charge in [-0.25, -0.2) is 4.79 Å². The molecule has 0 bridgehead atoms. The molecule has 2 aromatic rings. The topological polar surface area (TPSA) is 52.6 Å². The molecule has 0 radical (unpaired) electrons. The average Bonchev–Trinajstić information content (AvgIpc) is 2.55. The summed E-state index contributed by atoms with van der Waals surface area (Å²) in [6, 6.07) is 11.3. The maximum Gasteiger partial charge on any atom is 0.338 e. The third-order valence-electron chi connectivity index (χ3n) is 3.05. The van der Waals surface area contributed by atoms with E-state index in [1.165, 1.54) is 18.2 Å². The van der Waals surface area contributed by atoms with Gasteiger partial charge in [0.15, 0.2) is 12.4 Å². The molecule has 0 saturated heterocycles. The summed E-state index contributed by atoms with van der Waals surface area (Å²) in [5.74, 6) is -0.929. The van der Waals surface area contributed by atoms with Crippen LogP contribution in [0.3, 0.4) is 0 Å². The molecule has 0 fully saturated rings. The van der Waals surface area contributed by atoms with Crippen molar-refractivity contribution in [3.8, 4) is 0 Å². The third kappa shape index (κ3) is 4.79. The van der Waals surface area contributed by atoms with E-state index in [0.717, 1.165) is 5.56 Å². The smallest absolute Gasteiger partial charge is 0.338 e. The van der Waals surface area contributed by atoms with Gasteiger partial charge in [-0.1, -0.05) is 35.3 Å². The van der Waals surface area contributed by atoms with Gasteiger partial charge in [-0.2, -0.15) is 0 Å². The van der Waals surface area contributed by atoms with Crippen molar-refractivity contribution in [2.24, 2.45) is 0 Å². The van der Waals surface area contributed by atoms with Gasteiger partial charge in [-0.3, -0.25) is 4.79 Å². The minimum absolute atomic E-state index is 0.274. The molecule has 0 saturated carbocycles. The Morgan fingerprint density at radius 2 is 1.78 bits per heavy atom. The molecule has 0 unspecified atom stereocenters. The van der Waals surface area contributed by atoms with Crippen molar-refractivity contribution >= 4 is 35.0 Å². The maximum absolute atomic E-state index is 12.0. The number of ether oxygens (including phenoxy) is 2. The first-order valence-electron chi connectivity index (χ1n) is 6.74. The van der Waals surface area contributed by atoms with E-state index in [4.69, 9.17) is 32.7 Å². The van der Waals surface area contributed by atoms with Gasteiger partial charge in [-0.05, 0) is 35.9 Å². The van der Waals surface area contributed by atoms with Crippen molar-refractivity contribution < 1.29 is 19.1 Å². The average molecular weight is 353 g/mol. The van der Waals surface area contributed by atoms with Crippen LogP contribution in [0.4, 0.5) is 0 Å². The first-order valence-corrected chi connectivity index (χ1v) is 7.50. The fraction of sp³-hybridized carbons (Fsp3) is 0.176. The summed E-state index contributed by atoms with van der Waals surface area (Å²) in [7, 11) is 1.57. The van der Waals surface area contributed by atoms with Gasteiger partial charge in [0.25, 0.3) is 0 Å². The predicted molar refractivity (Wildman–Crippen MR) is 88.2 cm³/mol. The number of halogens is 2. The highest BCUT2D eigenvalue weighted by Gasteiger charge is 2.13. The van der Waals surface area contributed by atoms with Gasteiger partial charge >= 0.3 is 5.97 Å². The Labute approximate surface area is 143 Å². The van der Waals surface area contributed by atoms with Crippen LogP contribution >= 0.6 is 23.2 Å². The zero-order chi connectivity index (χ0) is 16.8. The van der Waals surface area contributed by atoms with Gasteiger partial charge < -0.3 is 9.47 Å². The van der Waals surface area contributed by atoms with E-state index in [9.17, 15) is 9.59 Å². The van der Waals surface area contributed by atoms with Crippen LogP contribution in [0, 0.1) is 0 Å². The molecular formula is C17H14Cl2O4. The van der Waals surface area contributed by atoms with Gasteiger partial charge in [0, 0.05) is 12.7 Å². The van der Waals surface area contributed by atoms with Gasteiger partial charge in [-0.15, -0.1) is 0 Å². The van der Waals surface area contributed by atoms with Crippen molar-refractivity contribution in [3.05, 3.63) is 69.2 Å². The van der Waals surface area contributed by atoms with Crippen LogP contribution in [0.2, 0.25) is 10.0 Å². The lowest BCUT2D eigenvalue weighted by Crippen LogP contribution is -2.14. The Balaban J connectivity index is 1.99. The zero-order valence-corrected chi connectivity index (χ0v) is 13.9. The van der Waals surface area contributed by atoms with Crippen LogP contribution in [0.15, 0.2) is 42.5 Å². The monoisotopic (exact) mass is 352 g/mol. The number of hydrogen-bond donors (Lipinski definition) is 0. The molecule has 2 rings (SSSR count). The van der Waals surface area contributed by atoms with Gasteiger partial charge in [0.05, 0.1) is 22.2 Å². The van der Waals surface area contributed by atoms with Crippen LogP contribution in [0.25, 0.3) is 0 Å². The molecule has 0 amide bonds. The lowest BCUT2D eigenvalue weighted by atomic mass is 10.1. The molecule has 0 aliphatic rings. The highest BCUT2D eigenvalue weighted by Crippen LogP contribution is 2.22. The summed E-state index contributed by atoms with van der Waals surface area (Å²) < 4.78 is 10.1. The number of carbonyl (C=O) groups excluding carboxylic acids is 2. The van der Waals surface area contributed by atoms with E-state index in [-0.39, 0.29) is 17.4 Å². The van der Waals surface area contributed by atoms with Crippen molar-refractivity contribution in [3.63, 3.8) is 0 Å². The minimum Gasteiger partial charge on any atom is -0.454 e. The summed E-state index contributed by atoms with van der Waals surface area (Å²) in [5, 5.41) is 0.631. The highest BCUT2D eigenvalue weighted by molar-refractivity contribution is 6.42. The van der Waals surface area contributed by atoms with E-state index < -0.39 is 5.97 Å². The molecule has 0 aliphatic heterocycles. The van der Waals surface area contributed by atoms with Crippen LogP contribution in [-0.2, 0) is 16.1 Å². The van der Waals surface area contributed by atoms with Crippen molar-refractivity contribution in [1.82, 2.24) is 0 Å². The molecule has 0 aliphatic carbocycles. The molecule has 0 heterocycles. The number of ketones is 1. The van der Waals surface area contributed by atoms with E-state index in [1.54, 1.807) is 25.3 Å². The number of methoxy groups -OCH3 is 1. The quantitative estimate of drug-likeness (QED) is 0.578. The standard InChI is InChI=1S/C17H14Cl2O4/c1-22-9-11-3-2-4-13(7-11)17(21)23-10-16(20)12-5-6-14(18)15(19)8-12/h2-8H,9-10H2,1H3. The molecule has 0 atom stereocenters.